The third-order valence-corrected chi connectivity index (χ3v) is 3.06. The number of carbonyl (C=O) groups excluding carboxylic acids is 2. The fourth-order valence-electron chi connectivity index (χ4n) is 2.09. The van der Waals surface area contributed by atoms with E-state index in [0.29, 0.717) is 25.9 Å². The molecule has 0 aromatic carbocycles. The van der Waals surface area contributed by atoms with Crippen molar-refractivity contribution in [1.82, 2.24) is 10.2 Å². The standard InChI is InChI=1S/C14H23F3N2O4/c1-13(2,3)23-12(21)18-10-4-6-19(7-5-10)11(20)8-22-9-14(15,16)17/h10H,4-9H2,1-3H3,(H,18,21). The third kappa shape index (κ3) is 8.63. The maximum Gasteiger partial charge on any atom is 0.411 e. The lowest BCUT2D eigenvalue weighted by Crippen LogP contribution is -2.48. The second-order valence-electron chi connectivity index (χ2n) is 6.41. The maximum atomic E-state index is 11.9. The first-order chi connectivity index (χ1) is 10.5. The van der Waals surface area contributed by atoms with Crippen molar-refractivity contribution in [2.75, 3.05) is 26.3 Å². The Morgan fingerprint density at radius 2 is 1.74 bits per heavy atom. The van der Waals surface area contributed by atoms with Crippen LogP contribution in [0.15, 0.2) is 0 Å². The summed E-state index contributed by atoms with van der Waals surface area (Å²) in [5.74, 6) is -0.482. The number of carbonyl (C=O) groups is 2. The van der Waals surface area contributed by atoms with Crippen molar-refractivity contribution in [3.05, 3.63) is 0 Å². The molecule has 6 nitrogen and oxygen atoms in total. The van der Waals surface area contributed by atoms with Gasteiger partial charge in [0, 0.05) is 19.1 Å². The average molecular weight is 340 g/mol. The zero-order valence-corrected chi connectivity index (χ0v) is 13.5. The van der Waals surface area contributed by atoms with Crippen molar-refractivity contribution in [1.29, 1.82) is 0 Å². The molecule has 134 valence electrons. The van der Waals surface area contributed by atoms with Crippen LogP contribution in [0.25, 0.3) is 0 Å². The minimum atomic E-state index is -4.44. The van der Waals surface area contributed by atoms with E-state index in [1.807, 2.05) is 0 Å². The molecule has 0 radical (unpaired) electrons. The van der Waals surface area contributed by atoms with Gasteiger partial charge in [0.05, 0.1) is 0 Å². The molecule has 0 atom stereocenters. The van der Waals surface area contributed by atoms with E-state index in [0.717, 1.165) is 0 Å². The highest BCUT2D eigenvalue weighted by Crippen LogP contribution is 2.15. The minimum Gasteiger partial charge on any atom is -0.444 e. The Bertz CT molecular complexity index is 413. The molecule has 1 fully saturated rings. The molecular weight excluding hydrogens is 317 g/mol. The maximum absolute atomic E-state index is 11.9. The van der Waals surface area contributed by atoms with E-state index >= 15 is 0 Å². The lowest BCUT2D eigenvalue weighted by Gasteiger charge is -2.32. The Hall–Kier alpha value is -1.51. The normalized spacial score (nSPS) is 17.0. The number of nitrogens with one attached hydrogen (secondary N) is 1. The highest BCUT2D eigenvalue weighted by molar-refractivity contribution is 5.77. The van der Waals surface area contributed by atoms with E-state index < -0.39 is 37.0 Å². The quantitative estimate of drug-likeness (QED) is 0.851. The summed E-state index contributed by atoms with van der Waals surface area (Å²) in [7, 11) is 0. The van der Waals surface area contributed by atoms with Crippen LogP contribution in [0.4, 0.5) is 18.0 Å². The smallest absolute Gasteiger partial charge is 0.411 e. The summed E-state index contributed by atoms with van der Waals surface area (Å²) < 4.78 is 45.3. The molecule has 0 unspecified atom stereocenters. The topological polar surface area (TPSA) is 67.9 Å². The van der Waals surface area contributed by atoms with Crippen LogP contribution >= 0.6 is 0 Å². The highest BCUT2D eigenvalue weighted by Gasteiger charge is 2.29. The Morgan fingerprint density at radius 1 is 1.17 bits per heavy atom. The monoisotopic (exact) mass is 340 g/mol. The Kier molecular flexibility index (Phi) is 6.67. The average Bonchev–Trinajstić information content (AvgIpc) is 2.35. The lowest BCUT2D eigenvalue weighted by atomic mass is 10.1. The molecule has 0 bridgehead atoms. The van der Waals surface area contributed by atoms with Gasteiger partial charge in [-0.3, -0.25) is 4.79 Å². The number of piperidine rings is 1. The molecule has 1 saturated heterocycles. The van der Waals surface area contributed by atoms with Gasteiger partial charge < -0.3 is 19.7 Å². The predicted octanol–water partition coefficient (Wildman–Crippen LogP) is 2.08. The van der Waals surface area contributed by atoms with E-state index in [4.69, 9.17) is 4.74 Å². The molecule has 9 heteroatoms. The second kappa shape index (κ2) is 7.85. The van der Waals surface area contributed by atoms with Crippen molar-refractivity contribution >= 4 is 12.0 Å². The summed E-state index contributed by atoms with van der Waals surface area (Å²) in [6.07, 6.45) is -3.92. The molecule has 0 spiro atoms. The van der Waals surface area contributed by atoms with Crippen LogP contribution in [0.3, 0.4) is 0 Å². The predicted molar refractivity (Wildman–Crippen MR) is 75.8 cm³/mol. The summed E-state index contributed by atoms with van der Waals surface area (Å²) >= 11 is 0. The Balaban J connectivity index is 2.27. The van der Waals surface area contributed by atoms with Crippen LogP contribution in [0.1, 0.15) is 33.6 Å². The summed E-state index contributed by atoms with van der Waals surface area (Å²) in [5, 5.41) is 2.72. The van der Waals surface area contributed by atoms with Crippen molar-refractivity contribution in [2.24, 2.45) is 0 Å². The first-order valence-corrected chi connectivity index (χ1v) is 7.38. The summed E-state index contributed by atoms with van der Waals surface area (Å²) in [4.78, 5) is 24.8. The Labute approximate surface area is 133 Å². The summed E-state index contributed by atoms with van der Waals surface area (Å²) in [6, 6.07) is -0.120. The van der Waals surface area contributed by atoms with E-state index in [-0.39, 0.29) is 6.04 Å². The Morgan fingerprint density at radius 3 is 2.22 bits per heavy atom. The third-order valence-electron chi connectivity index (χ3n) is 3.06. The van der Waals surface area contributed by atoms with Crippen LogP contribution in [0.2, 0.25) is 0 Å². The number of alkyl halides is 3. The van der Waals surface area contributed by atoms with E-state index in [1.54, 1.807) is 20.8 Å². The van der Waals surface area contributed by atoms with E-state index in [9.17, 15) is 22.8 Å². The zero-order chi connectivity index (χ0) is 17.7. The van der Waals surface area contributed by atoms with Gasteiger partial charge in [-0.15, -0.1) is 0 Å². The second-order valence-corrected chi connectivity index (χ2v) is 6.41. The fourth-order valence-corrected chi connectivity index (χ4v) is 2.09. The molecule has 0 saturated carbocycles. The van der Waals surface area contributed by atoms with Crippen molar-refractivity contribution in [3.63, 3.8) is 0 Å². The van der Waals surface area contributed by atoms with Gasteiger partial charge in [0.1, 0.15) is 18.8 Å². The van der Waals surface area contributed by atoms with Crippen LogP contribution in [-0.4, -0.2) is 61.0 Å². The highest BCUT2D eigenvalue weighted by atomic mass is 19.4. The molecule has 2 amide bonds. The van der Waals surface area contributed by atoms with Crippen LogP contribution in [0, 0.1) is 0 Å². The molecule has 1 N–H and O–H groups in total. The minimum absolute atomic E-state index is 0.120. The molecule has 0 aliphatic carbocycles. The molecule has 1 aliphatic rings. The largest absolute Gasteiger partial charge is 0.444 e. The summed E-state index contributed by atoms with van der Waals surface area (Å²) in [5.41, 5.74) is -0.587. The number of amides is 2. The van der Waals surface area contributed by atoms with Gasteiger partial charge in [0.15, 0.2) is 0 Å². The number of nitrogens with zero attached hydrogens (tertiary/aromatic N) is 1. The van der Waals surface area contributed by atoms with E-state index in [1.165, 1.54) is 4.90 Å². The number of likely N-dealkylation sites (tertiary alicyclic amines) is 1. The van der Waals surface area contributed by atoms with Gasteiger partial charge in [-0.1, -0.05) is 0 Å². The first kappa shape index (κ1) is 19.5. The van der Waals surface area contributed by atoms with Gasteiger partial charge in [0.2, 0.25) is 5.91 Å². The van der Waals surface area contributed by atoms with Crippen molar-refractivity contribution in [3.8, 4) is 0 Å². The first-order valence-electron chi connectivity index (χ1n) is 7.38. The van der Waals surface area contributed by atoms with Crippen LogP contribution < -0.4 is 5.32 Å². The van der Waals surface area contributed by atoms with Crippen LogP contribution in [0.5, 0.6) is 0 Å². The lowest BCUT2D eigenvalue weighted by molar-refractivity contribution is -0.178. The number of halogens is 3. The van der Waals surface area contributed by atoms with Crippen molar-refractivity contribution < 1.29 is 32.2 Å². The summed E-state index contributed by atoms with van der Waals surface area (Å²) in [6.45, 7) is 3.96. The molecule has 1 heterocycles. The number of rotatable bonds is 4. The molecule has 0 aromatic rings. The molecule has 0 aromatic heterocycles. The van der Waals surface area contributed by atoms with Gasteiger partial charge in [0.25, 0.3) is 0 Å². The number of hydrogen-bond donors (Lipinski definition) is 1. The van der Waals surface area contributed by atoms with Crippen LogP contribution in [-0.2, 0) is 14.3 Å². The van der Waals surface area contributed by atoms with Gasteiger partial charge >= 0.3 is 12.3 Å². The SMILES string of the molecule is CC(C)(C)OC(=O)NC1CCN(C(=O)COCC(F)(F)F)CC1. The van der Waals surface area contributed by atoms with Gasteiger partial charge in [-0.2, -0.15) is 13.2 Å². The molecule has 1 rings (SSSR count). The van der Waals surface area contributed by atoms with Gasteiger partial charge in [-0.05, 0) is 33.6 Å². The fraction of sp³-hybridized carbons (Fsp3) is 0.857. The molecule has 23 heavy (non-hydrogen) atoms. The van der Waals surface area contributed by atoms with Gasteiger partial charge in [-0.25, -0.2) is 4.79 Å². The molecular formula is C14H23F3N2O4. The number of ether oxygens (including phenoxy) is 2. The zero-order valence-electron chi connectivity index (χ0n) is 13.5. The number of hydrogen-bond acceptors (Lipinski definition) is 4. The van der Waals surface area contributed by atoms with Crippen molar-refractivity contribution in [2.45, 2.75) is 51.4 Å². The number of alkyl carbamates (subject to hydrolysis) is 1. The van der Waals surface area contributed by atoms with E-state index in [2.05, 4.69) is 10.1 Å². The molecule has 1 aliphatic heterocycles.